The molecule has 6 heteroatoms. The summed E-state index contributed by atoms with van der Waals surface area (Å²) < 4.78 is 22.8. The largest absolute Gasteiger partial charge is 0.369 e. The second kappa shape index (κ2) is 4.82. The molecule has 1 aromatic rings. The molecule has 1 aliphatic rings. The topological polar surface area (TPSA) is 50.3 Å². The molecule has 0 bridgehead atoms. The minimum atomic E-state index is -2.84. The van der Waals surface area contributed by atoms with Crippen LogP contribution in [0.1, 0.15) is 11.3 Å². The van der Waals surface area contributed by atoms with E-state index in [0.717, 1.165) is 16.9 Å². The SMILES string of the molecule is Cc1cc(N2CCS(=O)(=O)CC2)c(CCl)cn1. The molecular weight excluding hydrogens is 260 g/mol. The summed E-state index contributed by atoms with van der Waals surface area (Å²) in [5.74, 6) is 0.831. The lowest BCUT2D eigenvalue weighted by Crippen LogP contribution is -2.40. The molecule has 1 saturated heterocycles. The molecule has 0 radical (unpaired) electrons. The maximum absolute atomic E-state index is 11.4. The number of hydrogen-bond donors (Lipinski definition) is 0. The lowest BCUT2D eigenvalue weighted by molar-refractivity contribution is 0.586. The first-order chi connectivity index (χ1) is 8.02. The second-order valence-corrected chi connectivity index (χ2v) is 6.80. The lowest BCUT2D eigenvalue weighted by atomic mass is 10.2. The van der Waals surface area contributed by atoms with Gasteiger partial charge in [0.15, 0.2) is 9.84 Å². The Balaban J connectivity index is 2.26. The molecule has 0 aliphatic carbocycles. The second-order valence-electron chi connectivity index (χ2n) is 4.23. The zero-order valence-corrected chi connectivity index (χ0v) is 11.3. The number of hydrogen-bond acceptors (Lipinski definition) is 4. The number of anilines is 1. The Labute approximate surface area is 107 Å². The highest BCUT2D eigenvalue weighted by Gasteiger charge is 2.23. The summed E-state index contributed by atoms with van der Waals surface area (Å²) >= 11 is 5.87. The Morgan fingerprint density at radius 2 is 2.06 bits per heavy atom. The van der Waals surface area contributed by atoms with Crippen molar-refractivity contribution in [1.29, 1.82) is 0 Å². The minimum Gasteiger partial charge on any atom is -0.369 e. The molecule has 0 unspecified atom stereocenters. The number of rotatable bonds is 2. The minimum absolute atomic E-state index is 0.218. The summed E-state index contributed by atoms with van der Waals surface area (Å²) in [5.41, 5.74) is 2.89. The predicted octanol–water partition coefficient (Wildman–Crippen LogP) is 1.36. The third-order valence-corrected chi connectivity index (χ3v) is 4.82. The molecule has 0 N–H and O–H groups in total. The maximum atomic E-state index is 11.4. The smallest absolute Gasteiger partial charge is 0.153 e. The average molecular weight is 275 g/mol. The van der Waals surface area contributed by atoms with Crippen LogP contribution in [-0.4, -0.2) is 38.0 Å². The van der Waals surface area contributed by atoms with Gasteiger partial charge in [-0.15, -0.1) is 11.6 Å². The Morgan fingerprint density at radius 3 is 2.65 bits per heavy atom. The number of alkyl halides is 1. The monoisotopic (exact) mass is 274 g/mol. The van der Waals surface area contributed by atoms with Crippen molar-refractivity contribution in [3.05, 3.63) is 23.5 Å². The molecular formula is C11H15ClN2O2S. The van der Waals surface area contributed by atoms with Crippen molar-refractivity contribution in [3.8, 4) is 0 Å². The summed E-state index contributed by atoms with van der Waals surface area (Å²) in [6, 6.07) is 1.97. The average Bonchev–Trinajstić information content (AvgIpc) is 2.29. The van der Waals surface area contributed by atoms with Gasteiger partial charge in [0.2, 0.25) is 0 Å². The van der Waals surface area contributed by atoms with Gasteiger partial charge in [0.05, 0.1) is 17.4 Å². The van der Waals surface area contributed by atoms with E-state index in [1.165, 1.54) is 0 Å². The summed E-state index contributed by atoms with van der Waals surface area (Å²) in [5, 5.41) is 0. The molecule has 4 nitrogen and oxygen atoms in total. The zero-order valence-electron chi connectivity index (χ0n) is 9.69. The van der Waals surface area contributed by atoms with E-state index in [0.29, 0.717) is 19.0 Å². The van der Waals surface area contributed by atoms with E-state index < -0.39 is 9.84 Å². The van der Waals surface area contributed by atoms with Gasteiger partial charge in [-0.25, -0.2) is 8.42 Å². The van der Waals surface area contributed by atoms with Crippen molar-refractivity contribution in [3.63, 3.8) is 0 Å². The van der Waals surface area contributed by atoms with Gasteiger partial charge in [0.25, 0.3) is 0 Å². The Kier molecular flexibility index (Phi) is 3.58. The van der Waals surface area contributed by atoms with Crippen molar-refractivity contribution in [2.24, 2.45) is 0 Å². The molecule has 0 saturated carbocycles. The molecule has 0 spiro atoms. The lowest BCUT2D eigenvalue weighted by Gasteiger charge is -2.30. The van der Waals surface area contributed by atoms with E-state index >= 15 is 0 Å². The maximum Gasteiger partial charge on any atom is 0.153 e. The third-order valence-electron chi connectivity index (χ3n) is 2.93. The quantitative estimate of drug-likeness (QED) is 0.764. The fraction of sp³-hybridized carbons (Fsp3) is 0.545. The van der Waals surface area contributed by atoms with Gasteiger partial charge in [0.1, 0.15) is 0 Å². The molecule has 1 aromatic heterocycles. The van der Waals surface area contributed by atoms with Crippen molar-refractivity contribution < 1.29 is 8.42 Å². The van der Waals surface area contributed by atoms with E-state index in [-0.39, 0.29) is 11.5 Å². The van der Waals surface area contributed by atoms with Crippen molar-refractivity contribution >= 4 is 27.1 Å². The summed E-state index contributed by atoms with van der Waals surface area (Å²) in [7, 11) is -2.84. The van der Waals surface area contributed by atoms with Gasteiger partial charge in [0, 0.05) is 36.2 Å². The van der Waals surface area contributed by atoms with Gasteiger partial charge < -0.3 is 4.90 Å². The highest BCUT2D eigenvalue weighted by Crippen LogP contribution is 2.24. The van der Waals surface area contributed by atoms with E-state index in [1.807, 2.05) is 13.0 Å². The first-order valence-corrected chi connectivity index (χ1v) is 7.84. The van der Waals surface area contributed by atoms with Crippen LogP contribution in [0.3, 0.4) is 0 Å². The summed E-state index contributed by atoms with van der Waals surface area (Å²) in [4.78, 5) is 6.28. The van der Waals surface area contributed by atoms with Crippen LogP contribution in [0.2, 0.25) is 0 Å². The third kappa shape index (κ3) is 2.90. The van der Waals surface area contributed by atoms with Gasteiger partial charge >= 0.3 is 0 Å². The van der Waals surface area contributed by atoms with E-state index in [9.17, 15) is 8.42 Å². The molecule has 0 aromatic carbocycles. The van der Waals surface area contributed by atoms with Crippen molar-refractivity contribution in [2.45, 2.75) is 12.8 Å². The molecule has 2 heterocycles. The van der Waals surface area contributed by atoms with E-state index in [4.69, 9.17) is 11.6 Å². The van der Waals surface area contributed by atoms with Crippen LogP contribution in [0, 0.1) is 6.92 Å². The Bertz CT molecular complexity index is 502. The molecule has 1 fully saturated rings. The molecule has 2 rings (SSSR count). The van der Waals surface area contributed by atoms with Crippen LogP contribution in [0.25, 0.3) is 0 Å². The zero-order chi connectivity index (χ0) is 12.5. The molecule has 1 aliphatic heterocycles. The molecule has 17 heavy (non-hydrogen) atoms. The molecule has 94 valence electrons. The normalized spacial score (nSPS) is 19.3. The Hall–Kier alpha value is -0.810. The number of nitrogens with zero attached hydrogens (tertiary/aromatic N) is 2. The van der Waals surface area contributed by atoms with Crippen LogP contribution < -0.4 is 4.90 Å². The van der Waals surface area contributed by atoms with Crippen LogP contribution in [0.5, 0.6) is 0 Å². The van der Waals surface area contributed by atoms with Gasteiger partial charge in [-0.3, -0.25) is 4.98 Å². The predicted molar refractivity (Wildman–Crippen MR) is 69.4 cm³/mol. The first kappa shape index (κ1) is 12.6. The number of aryl methyl sites for hydroxylation is 1. The van der Waals surface area contributed by atoms with E-state index in [2.05, 4.69) is 9.88 Å². The highest BCUT2D eigenvalue weighted by atomic mass is 35.5. The first-order valence-electron chi connectivity index (χ1n) is 5.49. The fourth-order valence-corrected chi connectivity index (χ4v) is 3.33. The van der Waals surface area contributed by atoms with Gasteiger partial charge in [-0.2, -0.15) is 0 Å². The summed E-state index contributed by atoms with van der Waals surface area (Å²) in [6.45, 7) is 2.99. The van der Waals surface area contributed by atoms with Crippen LogP contribution >= 0.6 is 11.6 Å². The fourth-order valence-electron chi connectivity index (χ4n) is 1.92. The highest BCUT2D eigenvalue weighted by molar-refractivity contribution is 7.91. The van der Waals surface area contributed by atoms with Gasteiger partial charge in [-0.1, -0.05) is 0 Å². The van der Waals surface area contributed by atoms with Crippen molar-refractivity contribution in [2.75, 3.05) is 29.5 Å². The number of pyridine rings is 1. The van der Waals surface area contributed by atoms with Crippen LogP contribution in [0.4, 0.5) is 5.69 Å². The van der Waals surface area contributed by atoms with Gasteiger partial charge in [-0.05, 0) is 13.0 Å². The van der Waals surface area contributed by atoms with Crippen molar-refractivity contribution in [1.82, 2.24) is 4.98 Å². The number of sulfone groups is 1. The number of aromatic nitrogens is 1. The van der Waals surface area contributed by atoms with Crippen LogP contribution in [0.15, 0.2) is 12.3 Å². The standard InChI is InChI=1S/C11H15ClN2O2S/c1-9-6-11(10(7-12)8-13-9)14-2-4-17(15,16)5-3-14/h6,8H,2-5,7H2,1H3. The van der Waals surface area contributed by atoms with Crippen LogP contribution in [-0.2, 0) is 15.7 Å². The Morgan fingerprint density at radius 1 is 1.41 bits per heavy atom. The van der Waals surface area contributed by atoms with E-state index in [1.54, 1.807) is 6.20 Å². The molecule has 0 amide bonds. The number of halogens is 1. The summed E-state index contributed by atoms with van der Waals surface area (Å²) in [6.07, 6.45) is 1.76. The molecule has 0 atom stereocenters.